The first-order chi connectivity index (χ1) is 10.8. The van der Waals surface area contributed by atoms with E-state index in [0.29, 0.717) is 5.03 Å². The number of ether oxygens (including phenoxy) is 1. The summed E-state index contributed by atoms with van der Waals surface area (Å²) in [5.74, 6) is -2.26. The molecule has 1 aromatic carbocycles. The number of thioether (sulfide) groups is 1. The topological polar surface area (TPSA) is 72.4 Å². The molecule has 6 nitrogen and oxygen atoms in total. The van der Waals surface area contributed by atoms with Gasteiger partial charge in [-0.15, -0.1) is 22.0 Å². The van der Waals surface area contributed by atoms with Gasteiger partial charge in [0.15, 0.2) is 17.4 Å². The van der Waals surface area contributed by atoms with Gasteiger partial charge >= 0.3 is 0 Å². The number of hydrogen-bond acceptors (Lipinski definition) is 6. The first-order valence-corrected chi connectivity index (χ1v) is 9.26. The molecule has 0 saturated carbocycles. The van der Waals surface area contributed by atoms with Gasteiger partial charge in [0, 0.05) is 12.1 Å². The van der Waals surface area contributed by atoms with Gasteiger partial charge in [-0.25, -0.2) is 21.5 Å². The molecule has 0 atom stereocenters. The maximum atomic E-state index is 13.5. The Bertz CT molecular complexity index is 831. The molecule has 0 aliphatic carbocycles. The fourth-order valence-corrected chi connectivity index (χ4v) is 3.11. The fourth-order valence-electron chi connectivity index (χ4n) is 1.82. The summed E-state index contributed by atoms with van der Waals surface area (Å²) < 4.78 is 56.7. The zero-order valence-corrected chi connectivity index (χ0v) is 14.1. The van der Waals surface area contributed by atoms with Gasteiger partial charge in [-0.05, 0) is 18.4 Å². The standard InChI is InChI=1S/C13H13F2N3O3S2/c1-21-11-7-12(22-2)16-17-13(11)18(23(3,19)20)8-4-5-9(14)10(15)6-8/h4-7H,1-3H3. The van der Waals surface area contributed by atoms with Gasteiger partial charge in [0.25, 0.3) is 0 Å². The van der Waals surface area contributed by atoms with E-state index in [1.54, 1.807) is 6.26 Å². The highest BCUT2D eigenvalue weighted by Gasteiger charge is 2.26. The number of hydrogen-bond donors (Lipinski definition) is 0. The van der Waals surface area contributed by atoms with Crippen LogP contribution in [0.25, 0.3) is 0 Å². The van der Waals surface area contributed by atoms with Crippen LogP contribution in [-0.4, -0.2) is 38.2 Å². The van der Waals surface area contributed by atoms with Crippen molar-refractivity contribution in [2.45, 2.75) is 5.03 Å². The molecule has 1 aromatic heterocycles. The lowest BCUT2D eigenvalue weighted by Gasteiger charge is -2.22. The molecule has 0 bridgehead atoms. The predicted octanol–water partition coefficient (Wildman–Crippen LogP) is 2.58. The summed E-state index contributed by atoms with van der Waals surface area (Å²) in [5, 5.41) is 8.23. The number of anilines is 2. The second kappa shape index (κ2) is 6.67. The highest BCUT2D eigenvalue weighted by molar-refractivity contribution is 7.98. The maximum absolute atomic E-state index is 13.5. The van der Waals surface area contributed by atoms with Crippen molar-refractivity contribution in [3.05, 3.63) is 35.9 Å². The molecule has 124 valence electrons. The first kappa shape index (κ1) is 17.4. The van der Waals surface area contributed by atoms with Crippen LogP contribution < -0.4 is 9.04 Å². The summed E-state index contributed by atoms with van der Waals surface area (Å²) in [6.45, 7) is 0. The average Bonchev–Trinajstić information content (AvgIpc) is 2.50. The second-order valence-corrected chi connectivity index (χ2v) is 7.06. The lowest BCUT2D eigenvalue weighted by molar-refractivity contribution is 0.411. The molecule has 0 N–H and O–H groups in total. The number of rotatable bonds is 5. The van der Waals surface area contributed by atoms with E-state index in [1.807, 2.05) is 0 Å². The number of aromatic nitrogens is 2. The summed E-state index contributed by atoms with van der Waals surface area (Å²) in [5.41, 5.74) is -0.115. The van der Waals surface area contributed by atoms with Crippen LogP contribution >= 0.6 is 11.8 Å². The van der Waals surface area contributed by atoms with Crippen molar-refractivity contribution in [1.82, 2.24) is 10.2 Å². The molecule has 0 aliphatic heterocycles. The summed E-state index contributed by atoms with van der Waals surface area (Å²) >= 11 is 1.30. The number of methoxy groups -OCH3 is 1. The Morgan fingerprint density at radius 2 is 1.87 bits per heavy atom. The van der Waals surface area contributed by atoms with E-state index in [1.165, 1.54) is 24.9 Å². The van der Waals surface area contributed by atoms with Crippen molar-refractivity contribution in [3.63, 3.8) is 0 Å². The predicted molar refractivity (Wildman–Crippen MR) is 83.7 cm³/mol. The van der Waals surface area contributed by atoms with Gasteiger partial charge < -0.3 is 4.74 Å². The zero-order valence-electron chi connectivity index (χ0n) is 12.4. The lowest BCUT2D eigenvalue weighted by Crippen LogP contribution is -2.26. The molecule has 0 amide bonds. The quantitative estimate of drug-likeness (QED) is 0.762. The van der Waals surface area contributed by atoms with Crippen molar-refractivity contribution in [3.8, 4) is 5.75 Å². The normalized spacial score (nSPS) is 11.3. The summed E-state index contributed by atoms with van der Waals surface area (Å²) in [4.78, 5) is 0. The Hall–Kier alpha value is -1.94. The van der Waals surface area contributed by atoms with Crippen LogP contribution in [-0.2, 0) is 10.0 Å². The first-order valence-electron chi connectivity index (χ1n) is 6.19. The molecule has 0 unspecified atom stereocenters. The molecule has 2 rings (SSSR count). The number of nitrogens with zero attached hydrogens (tertiary/aromatic N) is 3. The maximum Gasteiger partial charge on any atom is 0.237 e. The highest BCUT2D eigenvalue weighted by atomic mass is 32.2. The molecule has 10 heteroatoms. The highest BCUT2D eigenvalue weighted by Crippen LogP contribution is 2.35. The van der Waals surface area contributed by atoms with Crippen molar-refractivity contribution < 1.29 is 21.9 Å². The molecule has 0 fully saturated rings. The Morgan fingerprint density at radius 1 is 1.17 bits per heavy atom. The van der Waals surface area contributed by atoms with Crippen molar-refractivity contribution >= 4 is 33.3 Å². The van der Waals surface area contributed by atoms with Crippen molar-refractivity contribution in [2.24, 2.45) is 0 Å². The molecule has 0 radical (unpaired) electrons. The van der Waals surface area contributed by atoms with E-state index in [0.717, 1.165) is 28.8 Å². The minimum atomic E-state index is -3.90. The molecular formula is C13H13F2N3O3S2. The molecule has 23 heavy (non-hydrogen) atoms. The average molecular weight is 361 g/mol. The van der Waals surface area contributed by atoms with E-state index in [2.05, 4.69) is 10.2 Å². The Kier molecular flexibility index (Phi) is 5.05. The van der Waals surface area contributed by atoms with Crippen LogP contribution in [0, 0.1) is 11.6 Å². The Balaban J connectivity index is 2.67. The van der Waals surface area contributed by atoms with Crippen molar-refractivity contribution in [2.75, 3.05) is 23.9 Å². The van der Waals surface area contributed by atoms with Gasteiger partial charge in [0.2, 0.25) is 15.8 Å². The minimum Gasteiger partial charge on any atom is -0.493 e. The van der Waals surface area contributed by atoms with Gasteiger partial charge in [-0.3, -0.25) is 0 Å². The van der Waals surface area contributed by atoms with E-state index in [4.69, 9.17) is 4.74 Å². The molecule has 0 spiro atoms. The minimum absolute atomic E-state index is 0.115. The van der Waals surface area contributed by atoms with E-state index < -0.39 is 21.7 Å². The monoisotopic (exact) mass is 361 g/mol. The van der Waals surface area contributed by atoms with Crippen LogP contribution in [0.2, 0.25) is 0 Å². The Labute approximate surface area is 136 Å². The van der Waals surface area contributed by atoms with Gasteiger partial charge in [-0.1, -0.05) is 0 Å². The molecule has 1 heterocycles. The van der Waals surface area contributed by atoms with Crippen LogP contribution in [0.15, 0.2) is 29.3 Å². The molecule has 2 aromatic rings. The van der Waals surface area contributed by atoms with Crippen LogP contribution in [0.3, 0.4) is 0 Å². The number of benzene rings is 1. The van der Waals surface area contributed by atoms with Gasteiger partial charge in [0.1, 0.15) is 5.03 Å². The van der Waals surface area contributed by atoms with E-state index >= 15 is 0 Å². The summed E-state index contributed by atoms with van der Waals surface area (Å²) in [6, 6.07) is 4.23. The van der Waals surface area contributed by atoms with E-state index in [9.17, 15) is 17.2 Å². The zero-order chi connectivity index (χ0) is 17.2. The van der Waals surface area contributed by atoms with Crippen LogP contribution in [0.4, 0.5) is 20.3 Å². The third-order valence-corrected chi connectivity index (χ3v) is 4.47. The third-order valence-electron chi connectivity index (χ3n) is 2.81. The SMILES string of the molecule is COc1cc(SC)nnc1N(c1ccc(F)c(F)c1)S(C)(=O)=O. The second-order valence-electron chi connectivity index (χ2n) is 4.40. The van der Waals surface area contributed by atoms with Crippen molar-refractivity contribution in [1.29, 1.82) is 0 Å². The molecule has 0 saturated heterocycles. The summed E-state index contributed by atoms with van der Waals surface area (Å²) in [6.07, 6.45) is 2.69. The molecule has 0 aliphatic rings. The summed E-state index contributed by atoms with van der Waals surface area (Å²) in [7, 11) is -2.55. The molecular weight excluding hydrogens is 348 g/mol. The lowest BCUT2D eigenvalue weighted by atomic mass is 10.3. The van der Waals surface area contributed by atoms with Gasteiger partial charge in [0.05, 0.1) is 19.1 Å². The number of sulfonamides is 1. The third kappa shape index (κ3) is 3.70. The number of halogens is 2. The van der Waals surface area contributed by atoms with E-state index in [-0.39, 0.29) is 17.3 Å². The van der Waals surface area contributed by atoms with Crippen LogP contribution in [0.5, 0.6) is 5.75 Å². The fraction of sp³-hybridized carbons (Fsp3) is 0.231. The van der Waals surface area contributed by atoms with Crippen LogP contribution in [0.1, 0.15) is 0 Å². The van der Waals surface area contributed by atoms with Gasteiger partial charge in [-0.2, -0.15) is 0 Å². The Morgan fingerprint density at radius 3 is 2.39 bits per heavy atom. The largest absolute Gasteiger partial charge is 0.493 e. The smallest absolute Gasteiger partial charge is 0.237 e.